The first-order valence-corrected chi connectivity index (χ1v) is 9.73. The normalized spacial score (nSPS) is 10.6. The summed E-state index contributed by atoms with van der Waals surface area (Å²) in [5.74, 6) is -0.253. The van der Waals surface area contributed by atoms with E-state index in [2.05, 4.69) is 43.1 Å². The van der Waals surface area contributed by atoms with Crippen LogP contribution < -0.4 is 10.9 Å². The lowest BCUT2D eigenvalue weighted by molar-refractivity contribution is -0.111. The molecule has 0 spiro atoms. The van der Waals surface area contributed by atoms with E-state index in [0.29, 0.717) is 12.1 Å². The number of carbonyl (C=O) groups excluding carboxylic acids is 1. The molecule has 1 N–H and O–H groups in total. The molecule has 148 valence electrons. The fourth-order valence-electron chi connectivity index (χ4n) is 3.38. The van der Waals surface area contributed by atoms with Crippen molar-refractivity contribution in [1.82, 2.24) is 4.57 Å². The monoisotopic (exact) mass is 386 g/mol. The number of pyridine rings is 1. The number of carbonyl (C=O) groups is 1. The molecule has 2 aromatic carbocycles. The maximum atomic E-state index is 12.3. The Morgan fingerprint density at radius 1 is 1.10 bits per heavy atom. The third kappa shape index (κ3) is 4.72. The van der Waals surface area contributed by atoms with Gasteiger partial charge in [-0.25, -0.2) is 0 Å². The SMILES string of the molecule is C=CC(=O)Nc1ccc(Cc2ccc(C)cc2)c(-c2cc(CC)c(=O)n(C)c2)c1. The molecule has 0 unspecified atom stereocenters. The molecule has 0 fully saturated rings. The van der Waals surface area contributed by atoms with Gasteiger partial charge in [-0.05, 0) is 66.3 Å². The maximum Gasteiger partial charge on any atom is 0.253 e. The summed E-state index contributed by atoms with van der Waals surface area (Å²) < 4.78 is 1.62. The van der Waals surface area contributed by atoms with Gasteiger partial charge < -0.3 is 9.88 Å². The highest BCUT2D eigenvalue weighted by Crippen LogP contribution is 2.29. The van der Waals surface area contributed by atoms with Gasteiger partial charge in [0, 0.05) is 24.5 Å². The number of amides is 1. The number of anilines is 1. The fraction of sp³-hybridized carbons (Fsp3) is 0.200. The van der Waals surface area contributed by atoms with E-state index in [1.54, 1.807) is 11.6 Å². The first kappa shape index (κ1) is 20.3. The lowest BCUT2D eigenvalue weighted by atomic mass is 9.94. The fourth-order valence-corrected chi connectivity index (χ4v) is 3.38. The second kappa shape index (κ2) is 8.74. The highest BCUT2D eigenvalue weighted by Gasteiger charge is 2.12. The van der Waals surface area contributed by atoms with Gasteiger partial charge >= 0.3 is 0 Å². The summed E-state index contributed by atoms with van der Waals surface area (Å²) in [5, 5.41) is 2.83. The summed E-state index contributed by atoms with van der Waals surface area (Å²) in [6.45, 7) is 7.56. The lowest BCUT2D eigenvalue weighted by Gasteiger charge is -2.15. The summed E-state index contributed by atoms with van der Waals surface area (Å²) in [6.07, 6.45) is 4.53. The van der Waals surface area contributed by atoms with Gasteiger partial charge in [-0.3, -0.25) is 9.59 Å². The molecule has 1 aromatic heterocycles. The third-order valence-electron chi connectivity index (χ3n) is 5.03. The van der Waals surface area contributed by atoms with Crippen molar-refractivity contribution in [3.05, 3.63) is 100.0 Å². The van der Waals surface area contributed by atoms with Crippen molar-refractivity contribution >= 4 is 11.6 Å². The van der Waals surface area contributed by atoms with Gasteiger partial charge in [-0.15, -0.1) is 0 Å². The van der Waals surface area contributed by atoms with E-state index in [1.807, 2.05) is 37.4 Å². The molecule has 0 aliphatic carbocycles. The molecule has 0 bridgehead atoms. The van der Waals surface area contributed by atoms with Gasteiger partial charge in [0.2, 0.25) is 5.91 Å². The molecule has 1 heterocycles. The van der Waals surface area contributed by atoms with Crippen LogP contribution in [0, 0.1) is 6.92 Å². The van der Waals surface area contributed by atoms with Crippen LogP contribution in [0.5, 0.6) is 0 Å². The molecule has 0 saturated heterocycles. The Bertz CT molecular complexity index is 1110. The molecule has 4 nitrogen and oxygen atoms in total. The highest BCUT2D eigenvalue weighted by molar-refractivity contribution is 5.99. The van der Waals surface area contributed by atoms with Crippen LogP contribution in [0.3, 0.4) is 0 Å². The second-order valence-electron chi connectivity index (χ2n) is 7.25. The first-order valence-electron chi connectivity index (χ1n) is 9.73. The quantitative estimate of drug-likeness (QED) is 0.628. The lowest BCUT2D eigenvalue weighted by Crippen LogP contribution is -2.20. The van der Waals surface area contributed by atoms with Crippen LogP contribution in [0.2, 0.25) is 0 Å². The zero-order valence-electron chi connectivity index (χ0n) is 17.2. The van der Waals surface area contributed by atoms with E-state index in [1.165, 1.54) is 17.2 Å². The smallest absolute Gasteiger partial charge is 0.253 e. The molecule has 0 aliphatic heterocycles. The van der Waals surface area contributed by atoms with Crippen LogP contribution in [-0.2, 0) is 24.7 Å². The minimum Gasteiger partial charge on any atom is -0.323 e. The second-order valence-corrected chi connectivity index (χ2v) is 7.25. The van der Waals surface area contributed by atoms with E-state index < -0.39 is 0 Å². The number of nitrogens with zero attached hydrogens (tertiary/aromatic N) is 1. The minimum atomic E-state index is -0.253. The van der Waals surface area contributed by atoms with Crippen LogP contribution >= 0.6 is 0 Å². The van der Waals surface area contributed by atoms with Crippen molar-refractivity contribution in [2.75, 3.05) is 5.32 Å². The van der Waals surface area contributed by atoms with Crippen LogP contribution in [0.1, 0.15) is 29.2 Å². The molecular formula is C25H26N2O2. The molecule has 29 heavy (non-hydrogen) atoms. The van der Waals surface area contributed by atoms with Crippen LogP contribution in [0.4, 0.5) is 5.69 Å². The number of aromatic nitrogens is 1. The van der Waals surface area contributed by atoms with Crippen LogP contribution in [-0.4, -0.2) is 10.5 Å². The van der Waals surface area contributed by atoms with Crippen molar-refractivity contribution in [2.24, 2.45) is 7.05 Å². The summed E-state index contributed by atoms with van der Waals surface area (Å²) in [5.41, 5.74) is 7.01. The summed E-state index contributed by atoms with van der Waals surface area (Å²) in [4.78, 5) is 24.1. The largest absolute Gasteiger partial charge is 0.323 e. The first-order chi connectivity index (χ1) is 13.9. The Morgan fingerprint density at radius 2 is 1.83 bits per heavy atom. The standard InChI is InChI=1S/C25H26N2O2/c1-5-19-14-21(16-27(4)25(19)29)23-15-22(26-24(28)6-2)12-11-20(23)13-18-9-7-17(3)8-10-18/h6-12,14-16H,2,5,13H2,1,3-4H3,(H,26,28). The minimum absolute atomic E-state index is 0.0208. The Labute approximate surface area is 171 Å². The Balaban J connectivity index is 2.12. The van der Waals surface area contributed by atoms with Crippen LogP contribution in [0.25, 0.3) is 11.1 Å². The van der Waals surface area contributed by atoms with E-state index in [-0.39, 0.29) is 11.5 Å². The van der Waals surface area contributed by atoms with Gasteiger partial charge in [0.05, 0.1) is 0 Å². The van der Waals surface area contributed by atoms with E-state index in [4.69, 9.17) is 0 Å². The predicted octanol–water partition coefficient (Wildman–Crippen LogP) is 4.64. The van der Waals surface area contributed by atoms with Crippen molar-refractivity contribution in [3.8, 4) is 11.1 Å². The van der Waals surface area contributed by atoms with Gasteiger partial charge in [-0.1, -0.05) is 49.4 Å². The predicted molar refractivity (Wildman–Crippen MR) is 119 cm³/mol. The average molecular weight is 386 g/mol. The molecule has 0 aliphatic rings. The van der Waals surface area contributed by atoms with Gasteiger partial charge in [-0.2, -0.15) is 0 Å². The number of nitrogens with one attached hydrogen (secondary N) is 1. The zero-order valence-corrected chi connectivity index (χ0v) is 17.2. The zero-order chi connectivity index (χ0) is 21.0. The Hall–Kier alpha value is -3.40. The molecule has 1 amide bonds. The Kier molecular flexibility index (Phi) is 6.13. The number of hydrogen-bond donors (Lipinski definition) is 1. The Morgan fingerprint density at radius 3 is 2.48 bits per heavy atom. The molecule has 4 heteroatoms. The molecule has 0 radical (unpaired) electrons. The average Bonchev–Trinajstić information content (AvgIpc) is 2.72. The van der Waals surface area contributed by atoms with Crippen molar-refractivity contribution in [3.63, 3.8) is 0 Å². The number of aryl methyl sites for hydroxylation is 3. The van der Waals surface area contributed by atoms with Crippen molar-refractivity contribution in [1.29, 1.82) is 0 Å². The van der Waals surface area contributed by atoms with Gasteiger partial charge in [0.25, 0.3) is 5.56 Å². The van der Waals surface area contributed by atoms with E-state index in [9.17, 15) is 9.59 Å². The summed E-state index contributed by atoms with van der Waals surface area (Å²) in [6, 6.07) is 16.3. The summed E-state index contributed by atoms with van der Waals surface area (Å²) >= 11 is 0. The number of hydrogen-bond acceptors (Lipinski definition) is 2. The van der Waals surface area contributed by atoms with Crippen molar-refractivity contribution < 1.29 is 4.79 Å². The molecule has 3 aromatic rings. The molecule has 3 rings (SSSR count). The number of benzene rings is 2. The number of rotatable bonds is 6. The van der Waals surface area contributed by atoms with E-state index in [0.717, 1.165) is 28.7 Å². The maximum absolute atomic E-state index is 12.3. The molecule has 0 atom stereocenters. The molecule has 0 saturated carbocycles. The third-order valence-corrected chi connectivity index (χ3v) is 5.03. The molecular weight excluding hydrogens is 360 g/mol. The highest BCUT2D eigenvalue weighted by atomic mass is 16.1. The summed E-state index contributed by atoms with van der Waals surface area (Å²) in [7, 11) is 1.77. The van der Waals surface area contributed by atoms with Crippen molar-refractivity contribution in [2.45, 2.75) is 26.7 Å². The topological polar surface area (TPSA) is 51.1 Å². The van der Waals surface area contributed by atoms with Gasteiger partial charge in [0.15, 0.2) is 0 Å². The van der Waals surface area contributed by atoms with Gasteiger partial charge in [0.1, 0.15) is 0 Å². The van der Waals surface area contributed by atoms with Crippen LogP contribution in [0.15, 0.2) is 72.2 Å². The van der Waals surface area contributed by atoms with E-state index >= 15 is 0 Å².